The van der Waals surface area contributed by atoms with Crippen LogP contribution in [0, 0.1) is 0 Å². The third-order valence-corrected chi connectivity index (χ3v) is 2.77. The number of carboxylic acids is 1. The second kappa shape index (κ2) is 8.96. The Kier molecular flexibility index (Phi) is 7.17. The normalized spacial score (nSPS) is 10.1. The smallest absolute Gasteiger partial charge is 0.251 e. The van der Waals surface area contributed by atoms with Crippen molar-refractivity contribution in [2.45, 2.75) is 32.6 Å². The molecule has 1 N–H and O–H groups in total. The van der Waals surface area contributed by atoms with E-state index in [-0.39, 0.29) is 12.3 Å². The maximum absolute atomic E-state index is 11.8. The maximum Gasteiger partial charge on any atom is 0.251 e. The molecule has 0 unspecified atom stereocenters. The Morgan fingerprint density at radius 3 is 2.45 bits per heavy atom. The van der Waals surface area contributed by atoms with E-state index in [1.54, 1.807) is 24.3 Å². The monoisotopic (exact) mass is 278 g/mol. The van der Waals surface area contributed by atoms with E-state index in [0.29, 0.717) is 25.1 Å². The number of amides is 1. The number of carbonyl (C=O) groups excluding carboxylic acids is 2. The predicted molar refractivity (Wildman–Crippen MR) is 73.4 cm³/mol. The van der Waals surface area contributed by atoms with Crippen LogP contribution in [-0.2, 0) is 4.79 Å². The van der Waals surface area contributed by atoms with E-state index in [9.17, 15) is 14.7 Å². The van der Waals surface area contributed by atoms with Gasteiger partial charge in [0.2, 0.25) is 0 Å². The zero-order valence-corrected chi connectivity index (χ0v) is 11.7. The lowest BCUT2D eigenvalue weighted by Crippen LogP contribution is -2.24. The van der Waals surface area contributed by atoms with Crippen LogP contribution in [0.5, 0.6) is 5.75 Å². The third kappa shape index (κ3) is 6.22. The van der Waals surface area contributed by atoms with Gasteiger partial charge in [-0.1, -0.05) is 6.42 Å². The summed E-state index contributed by atoms with van der Waals surface area (Å²) >= 11 is 0. The molecule has 0 bridgehead atoms. The molecule has 5 nitrogen and oxygen atoms in total. The van der Waals surface area contributed by atoms with Crippen molar-refractivity contribution >= 4 is 11.9 Å². The van der Waals surface area contributed by atoms with Crippen molar-refractivity contribution in [1.29, 1.82) is 0 Å². The average Bonchev–Trinajstić information content (AvgIpc) is 2.43. The van der Waals surface area contributed by atoms with Crippen molar-refractivity contribution in [3.8, 4) is 5.75 Å². The largest absolute Gasteiger partial charge is 0.550 e. The SMILES string of the molecule is CCOc1ccc(C(=O)NCCCCCC(=O)[O-])cc1. The number of hydrogen-bond donors (Lipinski definition) is 1. The van der Waals surface area contributed by atoms with Crippen molar-refractivity contribution in [3.05, 3.63) is 29.8 Å². The Morgan fingerprint density at radius 2 is 1.85 bits per heavy atom. The van der Waals surface area contributed by atoms with Gasteiger partial charge in [-0.3, -0.25) is 4.79 Å². The van der Waals surface area contributed by atoms with Crippen LogP contribution in [0.15, 0.2) is 24.3 Å². The van der Waals surface area contributed by atoms with E-state index >= 15 is 0 Å². The molecule has 0 saturated carbocycles. The molecule has 0 aliphatic rings. The third-order valence-electron chi connectivity index (χ3n) is 2.77. The number of carbonyl (C=O) groups is 2. The molecule has 1 amide bonds. The van der Waals surface area contributed by atoms with Crippen LogP contribution < -0.4 is 15.2 Å². The quantitative estimate of drug-likeness (QED) is 0.687. The molecule has 5 heteroatoms. The first-order valence-corrected chi connectivity index (χ1v) is 6.84. The van der Waals surface area contributed by atoms with E-state index in [4.69, 9.17) is 4.74 Å². The van der Waals surface area contributed by atoms with Gasteiger partial charge in [-0.05, 0) is 50.5 Å². The first-order valence-electron chi connectivity index (χ1n) is 6.84. The number of unbranched alkanes of at least 4 members (excludes halogenated alkanes) is 2. The summed E-state index contributed by atoms with van der Waals surface area (Å²) in [5.74, 6) is -0.414. The van der Waals surface area contributed by atoms with Gasteiger partial charge in [0.1, 0.15) is 5.75 Å². The Bertz CT molecular complexity index is 428. The zero-order valence-electron chi connectivity index (χ0n) is 11.7. The second-order valence-corrected chi connectivity index (χ2v) is 4.40. The Labute approximate surface area is 118 Å². The lowest BCUT2D eigenvalue weighted by Gasteiger charge is -2.07. The summed E-state index contributed by atoms with van der Waals surface area (Å²) in [6, 6.07) is 6.96. The summed E-state index contributed by atoms with van der Waals surface area (Å²) in [6.07, 6.45) is 2.18. The Balaban J connectivity index is 2.23. The van der Waals surface area contributed by atoms with Crippen molar-refractivity contribution in [1.82, 2.24) is 5.32 Å². The van der Waals surface area contributed by atoms with Gasteiger partial charge in [-0.15, -0.1) is 0 Å². The minimum absolute atomic E-state index is 0.0762. The van der Waals surface area contributed by atoms with Crippen LogP contribution in [0.25, 0.3) is 0 Å². The van der Waals surface area contributed by atoms with Gasteiger partial charge in [-0.25, -0.2) is 0 Å². The molecule has 0 atom stereocenters. The number of ether oxygens (including phenoxy) is 1. The molecule has 1 aromatic carbocycles. The van der Waals surface area contributed by atoms with Crippen LogP contribution in [0.2, 0.25) is 0 Å². The van der Waals surface area contributed by atoms with Crippen LogP contribution in [-0.4, -0.2) is 25.0 Å². The van der Waals surface area contributed by atoms with Gasteiger partial charge >= 0.3 is 0 Å². The first kappa shape index (κ1) is 16.0. The fourth-order valence-electron chi connectivity index (χ4n) is 1.74. The van der Waals surface area contributed by atoms with E-state index < -0.39 is 5.97 Å². The molecule has 0 aliphatic carbocycles. The minimum Gasteiger partial charge on any atom is -0.550 e. The van der Waals surface area contributed by atoms with Gasteiger partial charge in [-0.2, -0.15) is 0 Å². The zero-order chi connectivity index (χ0) is 14.8. The molecule has 1 aromatic rings. The highest BCUT2D eigenvalue weighted by Gasteiger charge is 2.04. The number of hydrogen-bond acceptors (Lipinski definition) is 4. The van der Waals surface area contributed by atoms with Crippen molar-refractivity contribution < 1.29 is 19.4 Å². The average molecular weight is 278 g/mol. The number of carboxylic acid groups (broad SMARTS) is 1. The maximum atomic E-state index is 11.8. The van der Waals surface area contributed by atoms with Gasteiger partial charge in [0.25, 0.3) is 5.91 Å². The fraction of sp³-hybridized carbons (Fsp3) is 0.467. The highest BCUT2D eigenvalue weighted by atomic mass is 16.5. The van der Waals surface area contributed by atoms with E-state index in [1.165, 1.54) is 0 Å². The predicted octanol–water partition coefficient (Wildman–Crippen LogP) is 1.13. The van der Waals surface area contributed by atoms with Gasteiger partial charge in [0.15, 0.2) is 0 Å². The van der Waals surface area contributed by atoms with Crippen LogP contribution in [0.4, 0.5) is 0 Å². The summed E-state index contributed by atoms with van der Waals surface area (Å²) in [6.45, 7) is 3.04. The molecule has 0 spiro atoms. The van der Waals surface area contributed by atoms with Crippen molar-refractivity contribution in [2.24, 2.45) is 0 Å². The molecule has 0 aliphatic heterocycles. The van der Waals surface area contributed by atoms with Crippen molar-refractivity contribution in [2.75, 3.05) is 13.2 Å². The second-order valence-electron chi connectivity index (χ2n) is 4.40. The molecule has 110 valence electrons. The van der Waals surface area contributed by atoms with E-state index in [2.05, 4.69) is 5.32 Å². The van der Waals surface area contributed by atoms with Gasteiger partial charge in [0, 0.05) is 18.1 Å². The molecule has 20 heavy (non-hydrogen) atoms. The minimum atomic E-state index is -1.02. The van der Waals surface area contributed by atoms with Gasteiger partial charge < -0.3 is 20.0 Å². The summed E-state index contributed by atoms with van der Waals surface area (Å²) in [7, 11) is 0. The number of nitrogens with one attached hydrogen (secondary N) is 1. The molecule has 1 rings (SSSR count). The van der Waals surface area contributed by atoms with Crippen LogP contribution in [0.1, 0.15) is 43.0 Å². The summed E-state index contributed by atoms with van der Waals surface area (Å²) in [5, 5.41) is 13.0. The van der Waals surface area contributed by atoms with E-state index in [1.807, 2.05) is 6.92 Å². The summed E-state index contributed by atoms with van der Waals surface area (Å²) in [4.78, 5) is 22.0. The fourth-order valence-corrected chi connectivity index (χ4v) is 1.74. The Morgan fingerprint density at radius 1 is 1.15 bits per heavy atom. The van der Waals surface area contributed by atoms with E-state index in [0.717, 1.165) is 18.6 Å². The molecular weight excluding hydrogens is 258 g/mol. The summed E-state index contributed by atoms with van der Waals surface area (Å²) in [5.41, 5.74) is 0.586. The Hall–Kier alpha value is -2.04. The lowest BCUT2D eigenvalue weighted by atomic mass is 10.2. The standard InChI is InChI=1S/C15H21NO4/c1-2-20-13-9-7-12(8-10-13)15(19)16-11-5-3-4-6-14(17)18/h7-10H,2-6,11H2,1H3,(H,16,19)(H,17,18)/p-1. The van der Waals surface area contributed by atoms with Crippen LogP contribution >= 0.6 is 0 Å². The lowest BCUT2D eigenvalue weighted by molar-refractivity contribution is -0.305. The highest BCUT2D eigenvalue weighted by Crippen LogP contribution is 2.11. The molecule has 0 heterocycles. The number of aliphatic carboxylic acids is 1. The summed E-state index contributed by atoms with van der Waals surface area (Å²) < 4.78 is 5.30. The first-order chi connectivity index (χ1) is 9.63. The molecule has 0 aromatic heterocycles. The topological polar surface area (TPSA) is 78.5 Å². The van der Waals surface area contributed by atoms with Crippen molar-refractivity contribution in [3.63, 3.8) is 0 Å². The number of benzene rings is 1. The molecule has 0 fully saturated rings. The van der Waals surface area contributed by atoms with Crippen LogP contribution in [0.3, 0.4) is 0 Å². The number of rotatable bonds is 9. The molecule has 0 radical (unpaired) electrons. The highest BCUT2D eigenvalue weighted by molar-refractivity contribution is 5.94. The molecule has 0 saturated heterocycles. The van der Waals surface area contributed by atoms with Gasteiger partial charge in [0.05, 0.1) is 6.61 Å². The molecular formula is C15H20NO4-.